The molecule has 0 radical (unpaired) electrons. The Kier molecular flexibility index (Phi) is 13.5. The third-order valence-corrected chi connectivity index (χ3v) is 7.19. The summed E-state index contributed by atoms with van der Waals surface area (Å²) in [5.41, 5.74) is 1.08. The van der Waals surface area contributed by atoms with E-state index in [0.717, 1.165) is 37.9 Å². The number of aliphatic imine (C=N–C) groups is 1. The Hall–Kier alpha value is -2.69. The van der Waals surface area contributed by atoms with Crippen molar-refractivity contribution in [2.24, 2.45) is 10.9 Å². The van der Waals surface area contributed by atoms with Crippen LogP contribution in [0, 0.1) is 5.92 Å². The number of allylic oxidation sites excluding steroid dienone is 1. The molecule has 0 saturated carbocycles. The van der Waals surface area contributed by atoms with Gasteiger partial charge in [0.15, 0.2) is 0 Å². The number of nitrogens with zero attached hydrogens (tertiary/aromatic N) is 3. The molecule has 0 bridgehead atoms. The van der Waals surface area contributed by atoms with Crippen LogP contribution in [0.15, 0.2) is 41.2 Å². The van der Waals surface area contributed by atoms with E-state index in [9.17, 15) is 19.8 Å². The molecule has 1 amide bonds. The number of amidine groups is 1. The Morgan fingerprint density at radius 1 is 1.39 bits per heavy atom. The van der Waals surface area contributed by atoms with Crippen molar-refractivity contribution in [2.75, 3.05) is 40.0 Å². The number of carboxylic acids is 1. The maximum atomic E-state index is 14.0. The monoisotopic (exact) mass is 533 g/mol. The fraction of sp³-hybridized carbons (Fsp3) is 0.679. The van der Waals surface area contributed by atoms with Gasteiger partial charge in [-0.2, -0.15) is 0 Å². The number of amides is 1. The summed E-state index contributed by atoms with van der Waals surface area (Å²) in [4.78, 5) is 33.4. The molecule has 38 heavy (non-hydrogen) atoms. The molecule has 3 unspecified atom stereocenters. The maximum Gasteiger partial charge on any atom is 0.352 e. The molecule has 4 N–H and O–H groups in total. The van der Waals surface area contributed by atoms with Crippen molar-refractivity contribution in [3.8, 4) is 0 Å². The zero-order valence-corrected chi connectivity index (χ0v) is 23.5. The molecule has 10 nitrogen and oxygen atoms in total. The zero-order valence-electron chi connectivity index (χ0n) is 23.5. The highest BCUT2D eigenvalue weighted by Crippen LogP contribution is 2.23. The van der Waals surface area contributed by atoms with Crippen LogP contribution in [0.1, 0.15) is 59.3 Å². The highest BCUT2D eigenvalue weighted by Gasteiger charge is 2.32. The highest BCUT2D eigenvalue weighted by molar-refractivity contribution is 5.97. The number of aliphatic carboxylic acids is 1. The summed E-state index contributed by atoms with van der Waals surface area (Å²) in [6.45, 7) is 11.7. The molecule has 4 atom stereocenters. The Bertz CT molecular complexity index is 887. The number of likely N-dealkylation sites (N-methyl/N-ethyl adjacent to an activating group) is 1. The van der Waals surface area contributed by atoms with Gasteiger partial charge < -0.3 is 30.5 Å². The Balaban J connectivity index is 2.19. The van der Waals surface area contributed by atoms with Crippen molar-refractivity contribution in [1.29, 1.82) is 0 Å². The number of carbonyl (C=O) groups is 2. The summed E-state index contributed by atoms with van der Waals surface area (Å²) in [6, 6.07) is -0.202. The smallest absolute Gasteiger partial charge is 0.352 e. The van der Waals surface area contributed by atoms with Crippen molar-refractivity contribution in [3.05, 3.63) is 36.2 Å². The van der Waals surface area contributed by atoms with Gasteiger partial charge in [0.1, 0.15) is 30.4 Å². The predicted molar refractivity (Wildman–Crippen MR) is 150 cm³/mol. The number of hydrogen-bond donors (Lipinski definition) is 4. The SMILES string of the molecule is C=CCOCN(CC[C@@H](O)C1=NCC=C(C(=O)O)N1)C(=O)C(N/C(=C/CC)C1CCCCN1C)C(C)CC. The quantitative estimate of drug-likeness (QED) is 0.135. The molecular weight excluding hydrogens is 486 g/mol. The number of carboxylic acid groups (broad SMARTS) is 1. The van der Waals surface area contributed by atoms with Crippen LogP contribution in [0.2, 0.25) is 0 Å². The number of aliphatic hydroxyl groups excluding tert-OH is 1. The molecule has 10 heteroatoms. The lowest BCUT2D eigenvalue weighted by molar-refractivity contribution is -0.140. The molecule has 2 aliphatic heterocycles. The minimum Gasteiger partial charge on any atom is -0.477 e. The van der Waals surface area contributed by atoms with Crippen LogP contribution in [0.5, 0.6) is 0 Å². The van der Waals surface area contributed by atoms with Crippen LogP contribution in [0.3, 0.4) is 0 Å². The van der Waals surface area contributed by atoms with E-state index >= 15 is 0 Å². The second-order valence-electron chi connectivity index (χ2n) is 10.0. The lowest BCUT2D eigenvalue weighted by Gasteiger charge is -2.38. The normalized spacial score (nSPS) is 20.9. The van der Waals surface area contributed by atoms with E-state index in [1.54, 1.807) is 11.0 Å². The van der Waals surface area contributed by atoms with Crippen molar-refractivity contribution < 1.29 is 24.5 Å². The minimum absolute atomic E-state index is 0.0137. The van der Waals surface area contributed by atoms with E-state index in [1.165, 1.54) is 12.5 Å². The van der Waals surface area contributed by atoms with Gasteiger partial charge in [0.2, 0.25) is 5.91 Å². The van der Waals surface area contributed by atoms with Crippen molar-refractivity contribution in [3.63, 3.8) is 0 Å². The van der Waals surface area contributed by atoms with Gasteiger partial charge in [0, 0.05) is 18.3 Å². The van der Waals surface area contributed by atoms with Gasteiger partial charge >= 0.3 is 5.97 Å². The van der Waals surface area contributed by atoms with Crippen molar-refractivity contribution in [2.45, 2.75) is 77.5 Å². The molecule has 2 heterocycles. The number of hydrogen-bond acceptors (Lipinski definition) is 8. The summed E-state index contributed by atoms with van der Waals surface area (Å²) in [7, 11) is 2.14. The van der Waals surface area contributed by atoms with Gasteiger partial charge in [-0.1, -0.05) is 45.8 Å². The summed E-state index contributed by atoms with van der Waals surface area (Å²) in [6.07, 6.45) is 9.49. The third-order valence-electron chi connectivity index (χ3n) is 7.19. The zero-order chi connectivity index (χ0) is 28.1. The Labute approximate surface area is 227 Å². The summed E-state index contributed by atoms with van der Waals surface area (Å²) >= 11 is 0. The van der Waals surface area contributed by atoms with Crippen LogP contribution in [-0.4, -0.2) is 95.9 Å². The number of rotatable bonds is 16. The van der Waals surface area contributed by atoms with E-state index in [1.807, 2.05) is 0 Å². The average molecular weight is 534 g/mol. The van der Waals surface area contributed by atoms with E-state index in [2.05, 4.69) is 61.0 Å². The second-order valence-corrected chi connectivity index (χ2v) is 10.0. The Morgan fingerprint density at radius 2 is 2.16 bits per heavy atom. The average Bonchev–Trinajstić information content (AvgIpc) is 2.92. The molecule has 0 aliphatic carbocycles. The summed E-state index contributed by atoms with van der Waals surface area (Å²) in [5, 5.41) is 26.3. The fourth-order valence-corrected chi connectivity index (χ4v) is 4.73. The van der Waals surface area contributed by atoms with E-state index < -0.39 is 18.1 Å². The molecule has 2 aliphatic rings. The molecule has 0 aromatic rings. The first-order valence-corrected chi connectivity index (χ1v) is 13.8. The minimum atomic E-state index is -1.11. The lowest BCUT2D eigenvalue weighted by atomic mass is 9.94. The topological polar surface area (TPSA) is 127 Å². The molecule has 1 saturated heterocycles. The van der Waals surface area contributed by atoms with E-state index in [-0.39, 0.29) is 55.6 Å². The first kappa shape index (κ1) is 31.5. The van der Waals surface area contributed by atoms with Crippen molar-refractivity contribution >= 4 is 17.7 Å². The van der Waals surface area contributed by atoms with E-state index in [4.69, 9.17) is 4.74 Å². The van der Waals surface area contributed by atoms with Gasteiger partial charge in [0.25, 0.3) is 0 Å². The van der Waals surface area contributed by atoms with Crippen LogP contribution < -0.4 is 10.6 Å². The van der Waals surface area contributed by atoms with Gasteiger partial charge in [-0.25, -0.2) is 4.79 Å². The number of likely N-dealkylation sites (tertiary alicyclic amines) is 1. The van der Waals surface area contributed by atoms with Gasteiger partial charge in [-0.3, -0.25) is 14.7 Å². The van der Waals surface area contributed by atoms with Gasteiger partial charge in [-0.05, 0) is 51.3 Å². The van der Waals surface area contributed by atoms with Gasteiger partial charge in [0.05, 0.1) is 13.2 Å². The predicted octanol–water partition coefficient (Wildman–Crippen LogP) is 2.48. The number of aliphatic hydroxyl groups is 1. The molecular formula is C28H47N5O5. The van der Waals surface area contributed by atoms with Crippen molar-refractivity contribution in [1.82, 2.24) is 20.4 Å². The number of piperidine rings is 1. The van der Waals surface area contributed by atoms with Crippen LogP contribution in [-0.2, 0) is 14.3 Å². The molecule has 0 aromatic carbocycles. The van der Waals surface area contributed by atoms with Gasteiger partial charge in [-0.15, -0.1) is 6.58 Å². The first-order chi connectivity index (χ1) is 18.2. The number of ether oxygens (including phenoxy) is 1. The largest absolute Gasteiger partial charge is 0.477 e. The molecule has 214 valence electrons. The second kappa shape index (κ2) is 16.3. The first-order valence-electron chi connectivity index (χ1n) is 13.8. The Morgan fingerprint density at radius 3 is 2.79 bits per heavy atom. The standard InChI is InChI=1S/C28H47N5O5/c1-6-11-21(23-12-9-10-16-32(23)5)30-25(20(4)8-3)27(35)33(19-38-18-7-2)17-14-24(34)26-29-15-13-22(31-26)28(36)37/h7,11,13,20,23-25,30,34H,2,6,8-10,12,14-19H2,1,3-5H3,(H,29,31)(H,36,37)/b21-11+/t20?,23?,24-,25?/m1/s1. The summed E-state index contributed by atoms with van der Waals surface area (Å²) in [5.74, 6) is -0.951. The van der Waals surface area contributed by atoms with Crippen LogP contribution in [0.4, 0.5) is 0 Å². The molecule has 0 aromatic heterocycles. The molecule has 1 fully saturated rings. The molecule has 2 rings (SSSR count). The number of carbonyl (C=O) groups excluding carboxylic acids is 1. The molecule has 0 spiro atoms. The summed E-state index contributed by atoms with van der Waals surface area (Å²) < 4.78 is 5.66. The fourth-order valence-electron chi connectivity index (χ4n) is 4.73. The third kappa shape index (κ3) is 9.25. The van der Waals surface area contributed by atoms with E-state index in [0.29, 0.717) is 6.61 Å². The lowest BCUT2D eigenvalue weighted by Crippen LogP contribution is -2.53. The van der Waals surface area contributed by atoms with Crippen LogP contribution >= 0.6 is 0 Å². The highest BCUT2D eigenvalue weighted by atomic mass is 16.5. The maximum absolute atomic E-state index is 14.0. The van der Waals surface area contributed by atoms with Crippen LogP contribution in [0.25, 0.3) is 0 Å². The number of nitrogens with one attached hydrogen (secondary N) is 2.